The minimum atomic E-state index is -5.11. The average molecular weight is 1170 g/mol. The Kier molecular flexibility index (Phi) is 16.6. The maximum atomic E-state index is 16.3. The van der Waals surface area contributed by atoms with Crippen molar-refractivity contribution in [2.75, 3.05) is 59.0 Å². The summed E-state index contributed by atoms with van der Waals surface area (Å²) in [5.41, 5.74) is -0.916. The highest BCUT2D eigenvalue weighted by Crippen LogP contribution is 2.51. The molecule has 0 fully saturated rings. The molecule has 0 saturated heterocycles. The SMILES string of the molecule is CCN(CCOc1ccc(C(C)(c2ccc(OCCN(CC)c3ccc(N=Nc4ccc([N+](=O)[O-])cc4)cc3)c(N3C(=O)c4ccccc4C3=O)c2)C(F)(F)F)cc1N1C(=O)c2ccccc2C1=O)c1ccc(N=Nc2ccc([N+](=O)[O-])cc2)cc1. The average Bonchev–Trinajstić information content (AvgIpc) is 1.69. The number of ether oxygens (including phenoxy) is 2. The molecular formula is C63H51F3N10O10. The van der Waals surface area contributed by atoms with Gasteiger partial charge in [-0.25, -0.2) is 9.80 Å². The molecule has 0 aliphatic carbocycles. The van der Waals surface area contributed by atoms with Gasteiger partial charge in [-0.15, -0.1) is 0 Å². The number of likely N-dealkylation sites (N-methyl/N-ethyl adjacent to an activating group) is 2. The van der Waals surface area contributed by atoms with Gasteiger partial charge in [0.25, 0.3) is 35.0 Å². The molecule has 0 atom stereocenters. The van der Waals surface area contributed by atoms with E-state index in [0.717, 1.165) is 40.2 Å². The van der Waals surface area contributed by atoms with Crippen molar-refractivity contribution < 1.29 is 51.7 Å². The van der Waals surface area contributed by atoms with E-state index in [4.69, 9.17) is 9.47 Å². The van der Waals surface area contributed by atoms with Crippen LogP contribution in [0.25, 0.3) is 0 Å². The molecule has 0 radical (unpaired) electrons. The quantitative estimate of drug-likeness (QED) is 0.0267. The zero-order chi connectivity index (χ0) is 60.9. The summed E-state index contributed by atoms with van der Waals surface area (Å²) in [6.45, 7) is 6.09. The largest absolute Gasteiger partial charge is 0.490 e. The third-order valence-electron chi connectivity index (χ3n) is 14.8. The van der Waals surface area contributed by atoms with E-state index in [-0.39, 0.29) is 82.8 Å². The van der Waals surface area contributed by atoms with Crippen LogP contribution in [0.15, 0.2) is 202 Å². The van der Waals surface area contributed by atoms with Crippen molar-refractivity contribution in [1.82, 2.24) is 0 Å². The van der Waals surface area contributed by atoms with E-state index < -0.39 is 56.2 Å². The standard InChI is InChI=1S/C63H51F3N10O10/c1-4-71(46-24-16-42(17-25-46)67-69-44-20-28-48(29-21-44)75(81)82)34-36-85-56-32-14-40(38-54(56)73-58(77)50-10-6-7-11-51(50)59(73)78)62(3,63(64,65)66)41-15-33-57(55(39-41)74-60(79)52-12-8-9-13-53(52)61(74)80)86-37-35-72(5-2)47-26-18-43(19-27-47)68-70-45-22-30-49(31-23-45)76(83)84/h6-33,38-39H,4-5,34-37H2,1-3H3. The summed E-state index contributed by atoms with van der Waals surface area (Å²) in [5.74, 6) is -3.25. The number of non-ortho nitro benzene ring substituents is 2. The van der Waals surface area contributed by atoms with E-state index in [1.54, 1.807) is 72.8 Å². The highest BCUT2D eigenvalue weighted by atomic mass is 19.4. The zero-order valence-corrected chi connectivity index (χ0v) is 46.3. The second-order valence-corrected chi connectivity index (χ2v) is 19.8. The highest BCUT2D eigenvalue weighted by Gasteiger charge is 2.55. The normalized spacial score (nSPS) is 13.7. The maximum absolute atomic E-state index is 16.3. The summed E-state index contributed by atoms with van der Waals surface area (Å²) in [7, 11) is 0. The van der Waals surface area contributed by atoms with Gasteiger partial charge in [0, 0.05) is 48.7 Å². The van der Waals surface area contributed by atoms with Crippen molar-refractivity contribution in [2.24, 2.45) is 20.5 Å². The molecule has 23 heteroatoms. The third-order valence-corrected chi connectivity index (χ3v) is 14.8. The fourth-order valence-electron chi connectivity index (χ4n) is 10.0. The molecule has 0 N–H and O–H groups in total. The Morgan fingerprint density at radius 2 is 0.767 bits per heavy atom. The Balaban J connectivity index is 0.932. The van der Waals surface area contributed by atoms with Crippen molar-refractivity contribution in [3.63, 3.8) is 0 Å². The molecule has 0 bridgehead atoms. The molecule has 20 nitrogen and oxygen atoms in total. The molecule has 0 unspecified atom stereocenters. The molecule has 2 aliphatic rings. The number of nitro benzene ring substituents is 2. The molecule has 86 heavy (non-hydrogen) atoms. The second-order valence-electron chi connectivity index (χ2n) is 19.8. The van der Waals surface area contributed by atoms with Gasteiger partial charge in [0.05, 0.1) is 79.3 Å². The highest BCUT2D eigenvalue weighted by molar-refractivity contribution is 6.35. The van der Waals surface area contributed by atoms with Crippen LogP contribution >= 0.6 is 0 Å². The number of imide groups is 2. The second kappa shape index (κ2) is 24.5. The van der Waals surface area contributed by atoms with Gasteiger partial charge in [-0.2, -0.15) is 33.6 Å². The number of azo groups is 2. The number of halogens is 3. The van der Waals surface area contributed by atoms with Gasteiger partial charge in [-0.1, -0.05) is 36.4 Å². The molecule has 0 aromatic heterocycles. The molecule has 434 valence electrons. The van der Waals surface area contributed by atoms with Crippen LogP contribution < -0.4 is 29.1 Å². The first-order valence-electron chi connectivity index (χ1n) is 27.0. The first-order valence-corrected chi connectivity index (χ1v) is 27.0. The lowest BCUT2D eigenvalue weighted by atomic mass is 9.75. The molecule has 0 saturated carbocycles. The van der Waals surface area contributed by atoms with E-state index >= 15 is 13.2 Å². The number of alkyl halides is 3. The van der Waals surface area contributed by atoms with Crippen molar-refractivity contribution >= 4 is 80.5 Å². The van der Waals surface area contributed by atoms with Gasteiger partial charge in [0.1, 0.15) is 30.1 Å². The minimum Gasteiger partial charge on any atom is -0.490 e. The Hall–Kier alpha value is -11.0. The minimum absolute atomic E-state index is 0.0440. The van der Waals surface area contributed by atoms with Crippen molar-refractivity contribution in [1.29, 1.82) is 0 Å². The molecule has 0 spiro atoms. The van der Waals surface area contributed by atoms with E-state index in [1.807, 2.05) is 23.6 Å². The summed E-state index contributed by atoms with van der Waals surface area (Å²) in [4.78, 5) is 83.3. The van der Waals surface area contributed by atoms with Gasteiger partial charge >= 0.3 is 6.18 Å². The molecule has 8 aromatic rings. The molecule has 4 amide bonds. The van der Waals surface area contributed by atoms with E-state index in [1.165, 1.54) is 97.1 Å². The van der Waals surface area contributed by atoms with Gasteiger partial charge in [-0.05, 0) is 153 Å². The number of nitrogens with zero attached hydrogens (tertiary/aromatic N) is 10. The summed E-state index contributed by atoms with van der Waals surface area (Å²) in [5, 5.41) is 38.8. The van der Waals surface area contributed by atoms with Gasteiger partial charge in [0.15, 0.2) is 0 Å². The van der Waals surface area contributed by atoms with Crippen molar-refractivity contribution in [3.8, 4) is 11.5 Å². The van der Waals surface area contributed by atoms with Crippen molar-refractivity contribution in [3.05, 3.63) is 236 Å². The number of fused-ring (bicyclic) bond motifs is 2. The number of amides is 4. The van der Waals surface area contributed by atoms with Crippen molar-refractivity contribution in [2.45, 2.75) is 32.4 Å². The fourth-order valence-corrected chi connectivity index (χ4v) is 10.0. The lowest BCUT2D eigenvalue weighted by Crippen LogP contribution is -2.41. The fraction of sp³-hybridized carbons (Fsp3) is 0.175. The van der Waals surface area contributed by atoms with Crippen LogP contribution in [0.5, 0.6) is 11.5 Å². The molecule has 2 aliphatic heterocycles. The summed E-state index contributed by atoms with van der Waals surface area (Å²) in [6.07, 6.45) is -5.11. The van der Waals surface area contributed by atoms with Gasteiger partial charge < -0.3 is 19.3 Å². The number of benzene rings is 8. The summed E-state index contributed by atoms with van der Waals surface area (Å²) in [6, 6.07) is 44.6. The van der Waals surface area contributed by atoms with Crippen LogP contribution in [-0.4, -0.2) is 79.0 Å². The lowest BCUT2D eigenvalue weighted by Gasteiger charge is -2.35. The Bertz CT molecular complexity index is 3680. The van der Waals surface area contributed by atoms with Crippen LogP contribution in [0.2, 0.25) is 0 Å². The topological polar surface area (TPSA) is 235 Å². The molecule has 2 heterocycles. The smallest absolute Gasteiger partial charge is 0.402 e. The molecule has 8 aromatic carbocycles. The number of carbonyl (C=O) groups excluding carboxylic acids is 4. The Morgan fingerprint density at radius 1 is 0.465 bits per heavy atom. The number of anilines is 4. The Morgan fingerprint density at radius 3 is 1.05 bits per heavy atom. The number of nitro groups is 2. The van der Waals surface area contributed by atoms with E-state index in [2.05, 4.69) is 20.5 Å². The summed E-state index contributed by atoms with van der Waals surface area (Å²) >= 11 is 0. The number of hydrogen-bond donors (Lipinski definition) is 0. The predicted molar refractivity (Wildman–Crippen MR) is 315 cm³/mol. The zero-order valence-electron chi connectivity index (χ0n) is 46.3. The Labute approximate surface area is 489 Å². The van der Waals surface area contributed by atoms with Crippen LogP contribution in [0, 0.1) is 20.2 Å². The maximum Gasteiger partial charge on any atom is 0.402 e. The van der Waals surface area contributed by atoms with Crippen LogP contribution in [0.1, 0.15) is 73.3 Å². The number of rotatable bonds is 22. The first-order chi connectivity index (χ1) is 41.4. The third kappa shape index (κ3) is 11.7. The van der Waals surface area contributed by atoms with Gasteiger partial charge in [-0.3, -0.25) is 39.4 Å². The number of carbonyl (C=O) groups is 4. The van der Waals surface area contributed by atoms with E-state index in [9.17, 15) is 39.4 Å². The summed E-state index contributed by atoms with van der Waals surface area (Å²) < 4.78 is 61.7. The molecular weight excluding hydrogens is 1110 g/mol. The van der Waals surface area contributed by atoms with E-state index in [0.29, 0.717) is 35.8 Å². The lowest BCUT2D eigenvalue weighted by molar-refractivity contribution is -0.385. The first kappa shape index (κ1) is 58.2. The van der Waals surface area contributed by atoms with Crippen LogP contribution in [-0.2, 0) is 5.41 Å². The number of hydrogen-bond acceptors (Lipinski definition) is 16. The predicted octanol–water partition coefficient (Wildman–Crippen LogP) is 14.6. The van der Waals surface area contributed by atoms with Gasteiger partial charge in [0.2, 0.25) is 0 Å². The monoisotopic (exact) mass is 1160 g/mol. The van der Waals surface area contributed by atoms with Crippen LogP contribution in [0.4, 0.5) is 70.0 Å². The van der Waals surface area contributed by atoms with Crippen LogP contribution in [0.3, 0.4) is 0 Å². The molecule has 10 rings (SSSR count).